The van der Waals surface area contributed by atoms with E-state index in [2.05, 4.69) is 5.32 Å². The van der Waals surface area contributed by atoms with Gasteiger partial charge in [-0.3, -0.25) is 9.59 Å². The molecule has 2 rings (SSSR count). The van der Waals surface area contributed by atoms with E-state index in [1.165, 1.54) is 0 Å². The fourth-order valence-corrected chi connectivity index (χ4v) is 3.12. The molecular formula is C23H29ClN2O3. The molecule has 0 aliphatic heterocycles. The number of hydrogen-bond donors (Lipinski definition) is 1. The molecule has 0 aliphatic carbocycles. The number of nitrogens with zero attached hydrogens (tertiary/aromatic N) is 1. The van der Waals surface area contributed by atoms with Crippen LogP contribution in [-0.4, -0.2) is 34.9 Å². The second-order valence-corrected chi connectivity index (χ2v) is 8.35. The molecule has 2 aromatic carbocycles. The van der Waals surface area contributed by atoms with E-state index < -0.39 is 6.04 Å². The van der Waals surface area contributed by atoms with Crippen molar-refractivity contribution in [1.82, 2.24) is 10.2 Å². The summed E-state index contributed by atoms with van der Waals surface area (Å²) in [5.41, 5.74) is 0.564. The van der Waals surface area contributed by atoms with Crippen LogP contribution in [0.4, 0.5) is 0 Å². The lowest BCUT2D eigenvalue weighted by Crippen LogP contribution is -2.54. The number of amides is 2. The van der Waals surface area contributed by atoms with Gasteiger partial charge in [-0.05, 0) is 51.0 Å². The van der Waals surface area contributed by atoms with E-state index >= 15 is 0 Å². The molecule has 0 saturated carbocycles. The Kier molecular flexibility index (Phi) is 8.09. The molecule has 0 saturated heterocycles. The van der Waals surface area contributed by atoms with E-state index in [0.717, 1.165) is 5.56 Å². The Morgan fingerprint density at radius 1 is 1.10 bits per heavy atom. The van der Waals surface area contributed by atoms with Gasteiger partial charge in [-0.25, -0.2) is 0 Å². The monoisotopic (exact) mass is 416 g/mol. The fourth-order valence-electron chi connectivity index (χ4n) is 2.94. The second-order valence-electron chi connectivity index (χ2n) is 7.92. The van der Waals surface area contributed by atoms with E-state index in [0.29, 0.717) is 23.7 Å². The summed E-state index contributed by atoms with van der Waals surface area (Å²) in [6.45, 7) is 7.81. The lowest BCUT2D eigenvalue weighted by molar-refractivity contribution is -0.143. The predicted molar refractivity (Wildman–Crippen MR) is 116 cm³/mol. The zero-order valence-corrected chi connectivity index (χ0v) is 18.2. The van der Waals surface area contributed by atoms with Crippen molar-refractivity contribution in [3.63, 3.8) is 0 Å². The molecule has 0 aliphatic rings. The van der Waals surface area contributed by atoms with Crippen LogP contribution < -0.4 is 10.1 Å². The highest BCUT2D eigenvalue weighted by Gasteiger charge is 2.30. The minimum Gasteiger partial charge on any atom is -0.484 e. The topological polar surface area (TPSA) is 58.6 Å². The molecule has 0 aromatic heterocycles. The molecule has 0 radical (unpaired) electrons. The van der Waals surface area contributed by atoms with E-state index in [9.17, 15) is 9.59 Å². The number of halogens is 1. The van der Waals surface area contributed by atoms with Crippen LogP contribution in [0.1, 0.15) is 39.7 Å². The largest absolute Gasteiger partial charge is 0.484 e. The number of carbonyl (C=O) groups is 2. The maximum Gasteiger partial charge on any atom is 0.261 e. The van der Waals surface area contributed by atoms with Gasteiger partial charge < -0.3 is 15.0 Å². The van der Waals surface area contributed by atoms with Crippen LogP contribution in [0.2, 0.25) is 5.02 Å². The molecular weight excluding hydrogens is 388 g/mol. The number of ether oxygens (including phenoxy) is 1. The normalized spacial score (nSPS) is 12.2. The van der Waals surface area contributed by atoms with Crippen LogP contribution in [0.3, 0.4) is 0 Å². The average molecular weight is 417 g/mol. The van der Waals surface area contributed by atoms with Gasteiger partial charge >= 0.3 is 0 Å². The van der Waals surface area contributed by atoms with Crippen molar-refractivity contribution < 1.29 is 14.3 Å². The number of nitrogens with one attached hydrogen (secondary N) is 1. The molecule has 156 valence electrons. The summed E-state index contributed by atoms with van der Waals surface area (Å²) in [7, 11) is 0. The highest BCUT2D eigenvalue weighted by molar-refractivity contribution is 6.30. The van der Waals surface area contributed by atoms with Gasteiger partial charge in [0.1, 0.15) is 11.8 Å². The first-order valence-corrected chi connectivity index (χ1v) is 10.1. The van der Waals surface area contributed by atoms with Crippen LogP contribution in [-0.2, 0) is 16.1 Å². The van der Waals surface area contributed by atoms with Gasteiger partial charge in [0.25, 0.3) is 5.91 Å². The van der Waals surface area contributed by atoms with Crippen molar-refractivity contribution in [2.24, 2.45) is 0 Å². The Morgan fingerprint density at radius 2 is 1.79 bits per heavy atom. The van der Waals surface area contributed by atoms with Crippen molar-refractivity contribution in [2.75, 3.05) is 6.61 Å². The summed E-state index contributed by atoms with van der Waals surface area (Å²) in [6.07, 6.45) is 0.498. The van der Waals surface area contributed by atoms with Gasteiger partial charge in [-0.15, -0.1) is 0 Å². The van der Waals surface area contributed by atoms with Crippen LogP contribution in [0, 0.1) is 0 Å². The molecule has 1 atom stereocenters. The van der Waals surface area contributed by atoms with E-state index in [1.54, 1.807) is 29.2 Å². The molecule has 0 fully saturated rings. The number of hydrogen-bond acceptors (Lipinski definition) is 3. The van der Waals surface area contributed by atoms with Crippen LogP contribution in [0.25, 0.3) is 0 Å². The first-order valence-electron chi connectivity index (χ1n) is 9.73. The van der Waals surface area contributed by atoms with Crippen LogP contribution >= 0.6 is 11.6 Å². The number of carbonyl (C=O) groups excluding carboxylic acids is 2. The second kappa shape index (κ2) is 10.3. The maximum atomic E-state index is 13.1. The highest BCUT2D eigenvalue weighted by Crippen LogP contribution is 2.18. The lowest BCUT2D eigenvalue weighted by atomic mass is 10.1. The van der Waals surface area contributed by atoms with Gasteiger partial charge in [-0.1, -0.05) is 54.9 Å². The summed E-state index contributed by atoms with van der Waals surface area (Å²) >= 11 is 5.98. The van der Waals surface area contributed by atoms with Crippen LogP contribution in [0.15, 0.2) is 54.6 Å². The molecule has 0 heterocycles. The summed E-state index contributed by atoms with van der Waals surface area (Å²) in [5, 5.41) is 3.52. The van der Waals surface area contributed by atoms with Crippen molar-refractivity contribution in [1.29, 1.82) is 0 Å². The van der Waals surface area contributed by atoms with Gasteiger partial charge in [0.15, 0.2) is 6.61 Å². The smallest absolute Gasteiger partial charge is 0.261 e. The first kappa shape index (κ1) is 22.8. The summed E-state index contributed by atoms with van der Waals surface area (Å²) in [5.74, 6) is 0.0782. The van der Waals surface area contributed by atoms with Crippen molar-refractivity contribution >= 4 is 23.4 Å². The van der Waals surface area contributed by atoms with Gasteiger partial charge in [0, 0.05) is 17.1 Å². The van der Waals surface area contributed by atoms with Gasteiger partial charge in [0.2, 0.25) is 5.91 Å². The minimum absolute atomic E-state index is 0.174. The minimum atomic E-state index is -0.593. The Labute approximate surface area is 178 Å². The standard InChI is InChI=1S/C23H29ClN2O3/c1-5-20(22(28)25-23(2,3)4)26(15-17-10-7-6-8-11-17)21(27)16-29-19-13-9-12-18(24)14-19/h6-14,20H,5,15-16H2,1-4H3,(H,25,28)/t20-/m1/s1. The van der Waals surface area contributed by atoms with E-state index in [4.69, 9.17) is 16.3 Å². The zero-order valence-electron chi connectivity index (χ0n) is 17.4. The maximum absolute atomic E-state index is 13.1. The third kappa shape index (κ3) is 7.42. The molecule has 29 heavy (non-hydrogen) atoms. The molecule has 2 aromatic rings. The van der Waals surface area contributed by atoms with Crippen molar-refractivity contribution in [3.05, 3.63) is 65.2 Å². The predicted octanol–water partition coefficient (Wildman–Crippen LogP) is 4.44. The third-order valence-corrected chi connectivity index (χ3v) is 4.47. The Hall–Kier alpha value is -2.53. The Balaban J connectivity index is 2.20. The number of rotatable bonds is 8. The molecule has 2 amide bonds. The Morgan fingerprint density at radius 3 is 2.38 bits per heavy atom. The molecule has 0 spiro atoms. The van der Waals surface area contributed by atoms with Gasteiger partial charge in [-0.2, -0.15) is 0 Å². The molecule has 0 bridgehead atoms. The number of benzene rings is 2. The van der Waals surface area contributed by atoms with E-state index in [-0.39, 0.29) is 24.0 Å². The molecule has 1 N–H and O–H groups in total. The first-order chi connectivity index (χ1) is 13.7. The average Bonchev–Trinajstić information content (AvgIpc) is 2.65. The van der Waals surface area contributed by atoms with Crippen molar-refractivity contribution in [2.45, 2.75) is 52.2 Å². The molecule has 5 nitrogen and oxygen atoms in total. The summed E-state index contributed by atoms with van der Waals surface area (Å²) < 4.78 is 5.64. The summed E-state index contributed by atoms with van der Waals surface area (Å²) in [6, 6.07) is 15.9. The third-order valence-electron chi connectivity index (χ3n) is 4.24. The highest BCUT2D eigenvalue weighted by atomic mass is 35.5. The molecule has 0 unspecified atom stereocenters. The van der Waals surface area contributed by atoms with Gasteiger partial charge in [0.05, 0.1) is 0 Å². The van der Waals surface area contributed by atoms with E-state index in [1.807, 2.05) is 58.0 Å². The SMILES string of the molecule is CC[C@H](C(=O)NC(C)(C)C)N(Cc1ccccc1)C(=O)COc1cccc(Cl)c1. The molecule has 6 heteroatoms. The Bertz CT molecular complexity index is 818. The quantitative estimate of drug-likeness (QED) is 0.692. The fraction of sp³-hybridized carbons (Fsp3) is 0.391. The summed E-state index contributed by atoms with van der Waals surface area (Å²) in [4.78, 5) is 27.5. The van der Waals surface area contributed by atoms with Crippen LogP contribution in [0.5, 0.6) is 5.75 Å². The zero-order chi connectivity index (χ0) is 21.4. The van der Waals surface area contributed by atoms with Crippen molar-refractivity contribution in [3.8, 4) is 5.75 Å². The lowest BCUT2D eigenvalue weighted by Gasteiger charge is -2.33.